The Hall–Kier alpha value is -4.04. The number of hydrogen-bond acceptors (Lipinski definition) is 6. The number of benzene rings is 2. The number of anilines is 1. The van der Waals surface area contributed by atoms with Crippen LogP contribution in [0.3, 0.4) is 0 Å². The number of aliphatic imine (C=N–C) groups is 1. The van der Waals surface area contributed by atoms with E-state index in [4.69, 9.17) is 16.5 Å². The number of aromatic hydroxyl groups is 2. The SMILES string of the molecule is CCc1cc(O)ccc1/N=C(\N)c1cnn2cc(-c3cccc(O)c3)cc2c1N[C@@H]1CC[C@](C)(N)C1(C)C. The zero-order valence-electron chi connectivity index (χ0n) is 22.4. The topological polar surface area (TPSA) is 134 Å². The molecule has 0 spiro atoms. The van der Waals surface area contributed by atoms with Gasteiger partial charge < -0.3 is 27.0 Å². The van der Waals surface area contributed by atoms with Gasteiger partial charge in [-0.1, -0.05) is 32.9 Å². The van der Waals surface area contributed by atoms with Crippen molar-refractivity contribution in [3.8, 4) is 22.6 Å². The van der Waals surface area contributed by atoms with Gasteiger partial charge in [0.25, 0.3) is 0 Å². The summed E-state index contributed by atoms with van der Waals surface area (Å²) in [6.45, 7) is 8.53. The van der Waals surface area contributed by atoms with Crippen molar-refractivity contribution in [2.75, 3.05) is 5.32 Å². The zero-order valence-corrected chi connectivity index (χ0v) is 22.4. The molecule has 8 heteroatoms. The number of rotatable bonds is 6. The standard InChI is InChI=1S/C30H36N6O2/c1-5-18-13-22(38)9-10-24(18)34-28(31)23-16-33-36-17-20(19-7-6-8-21(37)14-19)15-25(36)27(23)35-26-11-12-30(4,32)29(26,2)3/h6-10,13-17,26,35,37-38H,5,11-12,32H2,1-4H3,(H2,31,34)/t26-,30+/m1/s1. The molecule has 0 bridgehead atoms. The molecule has 0 radical (unpaired) electrons. The van der Waals surface area contributed by atoms with Crippen LogP contribution in [-0.2, 0) is 6.42 Å². The van der Waals surface area contributed by atoms with Crippen molar-refractivity contribution >= 4 is 22.7 Å². The van der Waals surface area contributed by atoms with Gasteiger partial charge in [0.2, 0.25) is 0 Å². The Morgan fingerprint density at radius 2 is 1.87 bits per heavy atom. The zero-order chi connectivity index (χ0) is 27.2. The fourth-order valence-corrected chi connectivity index (χ4v) is 5.35. The molecule has 1 aliphatic rings. The van der Waals surface area contributed by atoms with Gasteiger partial charge in [-0.25, -0.2) is 9.51 Å². The van der Waals surface area contributed by atoms with E-state index in [-0.39, 0.29) is 28.5 Å². The smallest absolute Gasteiger partial charge is 0.135 e. The molecule has 5 rings (SSSR count). The van der Waals surface area contributed by atoms with Crippen LogP contribution < -0.4 is 16.8 Å². The number of nitrogens with one attached hydrogen (secondary N) is 1. The molecule has 4 aromatic rings. The molecule has 2 heterocycles. The van der Waals surface area contributed by atoms with Crippen LogP contribution in [0.5, 0.6) is 11.5 Å². The first-order chi connectivity index (χ1) is 18.0. The number of phenols is 2. The van der Waals surface area contributed by atoms with Crippen molar-refractivity contribution in [3.05, 3.63) is 72.1 Å². The minimum absolute atomic E-state index is 0.106. The highest BCUT2D eigenvalue weighted by atomic mass is 16.3. The molecule has 0 unspecified atom stereocenters. The van der Waals surface area contributed by atoms with Crippen molar-refractivity contribution in [1.82, 2.24) is 9.61 Å². The van der Waals surface area contributed by atoms with Crippen molar-refractivity contribution in [3.63, 3.8) is 0 Å². The van der Waals surface area contributed by atoms with Crippen molar-refractivity contribution in [2.24, 2.45) is 21.9 Å². The third-order valence-electron chi connectivity index (χ3n) is 8.39. The number of amidine groups is 1. The minimum Gasteiger partial charge on any atom is -0.508 e. The lowest BCUT2D eigenvalue weighted by molar-refractivity contribution is 0.215. The number of hydrogen-bond donors (Lipinski definition) is 5. The Morgan fingerprint density at radius 3 is 2.55 bits per heavy atom. The van der Waals surface area contributed by atoms with E-state index in [1.807, 2.05) is 35.8 Å². The summed E-state index contributed by atoms with van der Waals surface area (Å²) < 4.78 is 1.82. The number of nitrogens with zero attached hydrogens (tertiary/aromatic N) is 3. The van der Waals surface area contributed by atoms with E-state index in [9.17, 15) is 10.2 Å². The Kier molecular flexibility index (Phi) is 6.31. The summed E-state index contributed by atoms with van der Waals surface area (Å²) in [5.41, 5.74) is 18.7. The van der Waals surface area contributed by atoms with Gasteiger partial charge in [-0.3, -0.25) is 0 Å². The molecule has 7 N–H and O–H groups in total. The maximum atomic E-state index is 10.0. The maximum absolute atomic E-state index is 10.0. The first kappa shape index (κ1) is 25.6. The average Bonchev–Trinajstić information content (AvgIpc) is 3.39. The molecule has 0 aliphatic heterocycles. The Labute approximate surface area is 223 Å². The summed E-state index contributed by atoms with van der Waals surface area (Å²) in [5.74, 6) is 0.733. The van der Waals surface area contributed by atoms with Crippen molar-refractivity contribution < 1.29 is 10.2 Å². The van der Waals surface area contributed by atoms with E-state index in [0.29, 0.717) is 23.5 Å². The molecule has 0 saturated heterocycles. The maximum Gasteiger partial charge on any atom is 0.135 e. The molecule has 2 aromatic carbocycles. The first-order valence-electron chi connectivity index (χ1n) is 13.0. The number of nitrogens with two attached hydrogens (primary N) is 2. The lowest BCUT2D eigenvalue weighted by Crippen LogP contribution is -2.51. The molecule has 2 atom stereocenters. The van der Waals surface area contributed by atoms with Gasteiger partial charge in [-0.05, 0) is 73.7 Å². The Bertz CT molecular complexity index is 1540. The highest BCUT2D eigenvalue weighted by molar-refractivity contribution is 6.06. The normalized spacial score (nSPS) is 21.2. The molecule has 1 fully saturated rings. The molecule has 1 saturated carbocycles. The number of fused-ring (bicyclic) bond motifs is 1. The molecule has 198 valence electrons. The first-order valence-corrected chi connectivity index (χ1v) is 13.0. The second-order valence-electron chi connectivity index (χ2n) is 11.1. The van der Waals surface area contributed by atoms with Crippen molar-refractivity contribution in [2.45, 2.75) is 58.5 Å². The molecule has 38 heavy (non-hydrogen) atoms. The minimum atomic E-state index is -0.315. The summed E-state index contributed by atoms with van der Waals surface area (Å²) in [5, 5.41) is 28.4. The monoisotopic (exact) mass is 512 g/mol. The van der Waals surface area contributed by atoms with Gasteiger partial charge in [-0.2, -0.15) is 5.10 Å². The van der Waals surface area contributed by atoms with Gasteiger partial charge >= 0.3 is 0 Å². The van der Waals surface area contributed by atoms with Crippen LogP contribution >= 0.6 is 0 Å². The van der Waals surface area contributed by atoms with Gasteiger partial charge in [0.1, 0.15) is 17.3 Å². The quantitative estimate of drug-likeness (QED) is 0.175. The van der Waals surface area contributed by atoms with Crippen LogP contribution in [0, 0.1) is 5.41 Å². The van der Waals surface area contributed by atoms with Crippen LogP contribution in [0.4, 0.5) is 11.4 Å². The molecule has 0 amide bonds. The van der Waals surface area contributed by atoms with Crippen LogP contribution in [0.15, 0.2) is 65.9 Å². The molecule has 2 aromatic heterocycles. The summed E-state index contributed by atoms with van der Waals surface area (Å²) in [6, 6.07) is 14.4. The fourth-order valence-electron chi connectivity index (χ4n) is 5.35. The highest BCUT2D eigenvalue weighted by Crippen LogP contribution is 2.46. The van der Waals surface area contributed by atoms with E-state index in [2.05, 4.69) is 31.2 Å². The Balaban J connectivity index is 1.66. The van der Waals surface area contributed by atoms with E-state index < -0.39 is 0 Å². The van der Waals surface area contributed by atoms with Crippen LogP contribution in [0.2, 0.25) is 0 Å². The fraction of sp³-hybridized carbons (Fsp3) is 0.333. The molecular formula is C30H36N6O2. The Morgan fingerprint density at radius 1 is 1.11 bits per heavy atom. The van der Waals surface area contributed by atoms with Gasteiger partial charge in [0.05, 0.1) is 28.7 Å². The summed E-state index contributed by atoms with van der Waals surface area (Å²) in [4.78, 5) is 4.76. The summed E-state index contributed by atoms with van der Waals surface area (Å²) in [7, 11) is 0. The molecule has 8 nitrogen and oxygen atoms in total. The number of aryl methyl sites for hydroxylation is 1. The van der Waals surface area contributed by atoms with Gasteiger partial charge in [0, 0.05) is 28.8 Å². The summed E-state index contributed by atoms with van der Waals surface area (Å²) >= 11 is 0. The van der Waals surface area contributed by atoms with E-state index >= 15 is 0 Å². The van der Waals surface area contributed by atoms with Crippen molar-refractivity contribution in [1.29, 1.82) is 0 Å². The number of phenolic OH excluding ortho intramolecular Hbond substituents is 2. The third-order valence-corrected chi connectivity index (χ3v) is 8.39. The lowest BCUT2D eigenvalue weighted by Gasteiger charge is -2.39. The summed E-state index contributed by atoms with van der Waals surface area (Å²) in [6.07, 6.45) is 6.20. The van der Waals surface area contributed by atoms with E-state index in [1.165, 1.54) is 0 Å². The average molecular weight is 513 g/mol. The van der Waals surface area contributed by atoms with Crippen LogP contribution in [-0.4, -0.2) is 37.2 Å². The number of aromatic nitrogens is 2. The largest absolute Gasteiger partial charge is 0.508 e. The third kappa shape index (κ3) is 4.45. The lowest BCUT2D eigenvalue weighted by atomic mass is 9.75. The van der Waals surface area contributed by atoms with Gasteiger partial charge in [0.15, 0.2) is 0 Å². The molecule has 1 aliphatic carbocycles. The van der Waals surface area contributed by atoms with Crippen LogP contribution in [0.1, 0.15) is 51.7 Å². The van der Waals surface area contributed by atoms with E-state index in [1.54, 1.807) is 36.5 Å². The van der Waals surface area contributed by atoms with E-state index in [0.717, 1.165) is 40.7 Å². The molecular weight excluding hydrogens is 476 g/mol. The highest BCUT2D eigenvalue weighted by Gasteiger charge is 2.49. The predicted octanol–water partition coefficient (Wildman–Crippen LogP) is 5.33. The van der Waals surface area contributed by atoms with Crippen LogP contribution in [0.25, 0.3) is 16.6 Å². The second kappa shape index (κ2) is 9.36. The predicted molar refractivity (Wildman–Crippen MR) is 153 cm³/mol. The van der Waals surface area contributed by atoms with Gasteiger partial charge in [-0.15, -0.1) is 0 Å². The second-order valence-corrected chi connectivity index (χ2v) is 11.1.